The molecule has 0 heterocycles. The highest BCUT2D eigenvalue weighted by atomic mass is 32.2. The number of amides is 1. The summed E-state index contributed by atoms with van der Waals surface area (Å²) >= 11 is 0. The SMILES string of the molecule is CC(C)(C)C(NC(=O)Cc1ccccc1NS(C)(=O)=O)c1cccc(C(F)(F)F)c1. The molecule has 2 aromatic carbocycles. The van der Waals surface area contributed by atoms with E-state index in [-0.39, 0.29) is 12.1 Å². The molecule has 0 saturated carbocycles. The summed E-state index contributed by atoms with van der Waals surface area (Å²) in [5.41, 5.74) is -0.275. The number of hydrogen-bond acceptors (Lipinski definition) is 3. The minimum absolute atomic E-state index is 0.135. The van der Waals surface area contributed by atoms with Crippen molar-refractivity contribution in [1.29, 1.82) is 0 Å². The molecule has 9 heteroatoms. The highest BCUT2D eigenvalue weighted by Gasteiger charge is 2.33. The first kappa shape index (κ1) is 23.7. The molecule has 2 N–H and O–H groups in total. The third-order valence-corrected chi connectivity index (χ3v) is 4.97. The molecule has 0 aliphatic rings. The number of nitrogens with one attached hydrogen (secondary N) is 2. The second-order valence-electron chi connectivity index (χ2n) is 8.20. The zero-order chi connectivity index (χ0) is 22.7. The van der Waals surface area contributed by atoms with Gasteiger partial charge in [0.25, 0.3) is 0 Å². The van der Waals surface area contributed by atoms with E-state index in [9.17, 15) is 26.4 Å². The van der Waals surface area contributed by atoms with Crippen LogP contribution in [-0.4, -0.2) is 20.6 Å². The molecule has 2 rings (SSSR count). The molecule has 1 unspecified atom stereocenters. The van der Waals surface area contributed by atoms with Crippen LogP contribution in [-0.2, 0) is 27.4 Å². The number of sulfonamides is 1. The summed E-state index contributed by atoms with van der Waals surface area (Å²) in [5.74, 6) is -0.435. The Bertz CT molecular complexity index is 1010. The molecule has 0 saturated heterocycles. The van der Waals surface area contributed by atoms with Gasteiger partial charge in [-0.1, -0.05) is 51.1 Å². The van der Waals surface area contributed by atoms with Crippen LogP contribution in [0.1, 0.15) is 43.5 Å². The zero-order valence-electron chi connectivity index (χ0n) is 17.2. The van der Waals surface area contributed by atoms with E-state index < -0.39 is 39.1 Å². The topological polar surface area (TPSA) is 75.3 Å². The van der Waals surface area contributed by atoms with Gasteiger partial charge in [0.1, 0.15) is 0 Å². The van der Waals surface area contributed by atoms with Gasteiger partial charge in [0.05, 0.1) is 30.0 Å². The number of anilines is 1. The van der Waals surface area contributed by atoms with Gasteiger partial charge >= 0.3 is 6.18 Å². The lowest BCUT2D eigenvalue weighted by molar-refractivity contribution is -0.137. The van der Waals surface area contributed by atoms with E-state index in [2.05, 4.69) is 10.0 Å². The van der Waals surface area contributed by atoms with Gasteiger partial charge in [-0.15, -0.1) is 0 Å². The largest absolute Gasteiger partial charge is 0.416 e. The van der Waals surface area contributed by atoms with Gasteiger partial charge in [0.15, 0.2) is 0 Å². The van der Waals surface area contributed by atoms with E-state index in [4.69, 9.17) is 0 Å². The lowest BCUT2D eigenvalue weighted by Crippen LogP contribution is -2.37. The molecule has 30 heavy (non-hydrogen) atoms. The van der Waals surface area contributed by atoms with Crippen LogP contribution in [0, 0.1) is 5.41 Å². The smallest absolute Gasteiger partial charge is 0.348 e. The second kappa shape index (κ2) is 8.67. The Morgan fingerprint density at radius 1 is 1.03 bits per heavy atom. The van der Waals surface area contributed by atoms with Gasteiger partial charge in [-0.2, -0.15) is 13.2 Å². The highest BCUT2D eigenvalue weighted by Crippen LogP contribution is 2.36. The monoisotopic (exact) mass is 442 g/mol. The maximum absolute atomic E-state index is 13.1. The van der Waals surface area contributed by atoms with Gasteiger partial charge in [0.2, 0.25) is 15.9 Å². The van der Waals surface area contributed by atoms with Gasteiger partial charge in [-0.25, -0.2) is 8.42 Å². The van der Waals surface area contributed by atoms with Gasteiger partial charge in [-0.3, -0.25) is 9.52 Å². The second-order valence-corrected chi connectivity index (χ2v) is 9.95. The number of rotatable bonds is 6. The van der Waals surface area contributed by atoms with Crippen molar-refractivity contribution in [3.05, 3.63) is 65.2 Å². The standard InChI is InChI=1S/C21H25F3N2O3S/c1-20(2,3)19(15-9-7-10-16(12-15)21(22,23)24)25-18(27)13-14-8-5-6-11-17(14)26-30(4,28)29/h5-12,19,26H,13H2,1-4H3,(H,25,27). The first-order valence-corrected chi connectivity index (χ1v) is 11.1. The predicted molar refractivity (Wildman–Crippen MR) is 110 cm³/mol. The minimum Gasteiger partial charge on any atom is -0.348 e. The molecule has 0 bridgehead atoms. The Morgan fingerprint density at radius 3 is 2.23 bits per heavy atom. The fourth-order valence-corrected chi connectivity index (χ4v) is 3.65. The Balaban J connectivity index is 2.29. The average molecular weight is 443 g/mol. The lowest BCUT2D eigenvalue weighted by Gasteiger charge is -2.32. The van der Waals surface area contributed by atoms with Crippen molar-refractivity contribution in [3.63, 3.8) is 0 Å². The fourth-order valence-electron chi connectivity index (χ4n) is 3.05. The Labute approximate surface area is 174 Å². The lowest BCUT2D eigenvalue weighted by atomic mass is 9.81. The molecule has 0 radical (unpaired) electrons. The predicted octanol–water partition coefficient (Wildman–Crippen LogP) is 4.52. The van der Waals surface area contributed by atoms with E-state index in [1.54, 1.807) is 24.3 Å². The molecule has 1 amide bonds. The van der Waals surface area contributed by atoms with E-state index in [0.717, 1.165) is 18.4 Å². The summed E-state index contributed by atoms with van der Waals surface area (Å²) < 4.78 is 64.8. The Hall–Kier alpha value is -2.55. The number of carbonyl (C=O) groups is 1. The molecule has 0 aromatic heterocycles. The van der Waals surface area contributed by atoms with Gasteiger partial charge in [-0.05, 0) is 34.7 Å². The zero-order valence-corrected chi connectivity index (χ0v) is 18.0. The molecule has 1 atom stereocenters. The van der Waals surface area contributed by atoms with Crippen molar-refractivity contribution in [1.82, 2.24) is 5.32 Å². The van der Waals surface area contributed by atoms with Crippen LogP contribution < -0.4 is 10.0 Å². The van der Waals surface area contributed by atoms with Crippen molar-refractivity contribution in [2.24, 2.45) is 5.41 Å². The van der Waals surface area contributed by atoms with Crippen molar-refractivity contribution >= 4 is 21.6 Å². The number of hydrogen-bond donors (Lipinski definition) is 2. The molecule has 0 aliphatic carbocycles. The third kappa shape index (κ3) is 6.76. The maximum Gasteiger partial charge on any atom is 0.416 e. The number of alkyl halides is 3. The minimum atomic E-state index is -4.49. The van der Waals surface area contributed by atoms with Crippen LogP contribution in [0.3, 0.4) is 0 Å². The number of carbonyl (C=O) groups excluding carboxylic acids is 1. The number of halogens is 3. The van der Waals surface area contributed by atoms with Gasteiger partial charge < -0.3 is 5.32 Å². The quantitative estimate of drug-likeness (QED) is 0.691. The van der Waals surface area contributed by atoms with Crippen molar-refractivity contribution in [2.45, 2.75) is 39.4 Å². The first-order valence-electron chi connectivity index (χ1n) is 9.19. The molecule has 5 nitrogen and oxygen atoms in total. The molecule has 0 spiro atoms. The maximum atomic E-state index is 13.1. The molecular weight excluding hydrogens is 417 g/mol. The summed E-state index contributed by atoms with van der Waals surface area (Å²) in [6, 6.07) is 10.7. The van der Waals surface area contributed by atoms with Crippen LogP contribution >= 0.6 is 0 Å². The molecule has 2 aromatic rings. The van der Waals surface area contributed by atoms with Crippen LogP contribution in [0.15, 0.2) is 48.5 Å². The summed E-state index contributed by atoms with van der Waals surface area (Å²) in [6.07, 6.45) is -3.62. The van der Waals surface area contributed by atoms with E-state index in [1.807, 2.05) is 20.8 Å². The van der Waals surface area contributed by atoms with Crippen LogP contribution in [0.2, 0.25) is 0 Å². The average Bonchev–Trinajstić information content (AvgIpc) is 2.58. The van der Waals surface area contributed by atoms with Crippen molar-refractivity contribution < 1.29 is 26.4 Å². The summed E-state index contributed by atoms with van der Waals surface area (Å²) in [7, 11) is -3.53. The van der Waals surface area contributed by atoms with Crippen molar-refractivity contribution in [2.75, 3.05) is 11.0 Å². The third-order valence-electron chi connectivity index (χ3n) is 4.38. The molecule has 164 valence electrons. The Morgan fingerprint density at radius 2 is 1.67 bits per heavy atom. The first-order chi connectivity index (χ1) is 13.7. The van der Waals surface area contributed by atoms with Gasteiger partial charge in [0, 0.05) is 0 Å². The summed E-state index contributed by atoms with van der Waals surface area (Å²) in [5, 5.41) is 2.81. The van der Waals surface area contributed by atoms with E-state index >= 15 is 0 Å². The summed E-state index contributed by atoms with van der Waals surface area (Å²) in [6.45, 7) is 5.45. The van der Waals surface area contributed by atoms with E-state index in [0.29, 0.717) is 11.1 Å². The van der Waals surface area contributed by atoms with E-state index in [1.165, 1.54) is 12.1 Å². The normalized spacial score (nSPS) is 13.6. The molecular formula is C21H25F3N2O3S. The van der Waals surface area contributed by atoms with Crippen molar-refractivity contribution in [3.8, 4) is 0 Å². The highest BCUT2D eigenvalue weighted by molar-refractivity contribution is 7.92. The molecule has 0 fully saturated rings. The van der Waals surface area contributed by atoms with Crippen LogP contribution in [0.5, 0.6) is 0 Å². The molecule has 0 aliphatic heterocycles. The summed E-state index contributed by atoms with van der Waals surface area (Å²) in [4.78, 5) is 12.7. The number of para-hydroxylation sites is 1. The van der Waals surface area contributed by atoms with Crippen LogP contribution in [0.25, 0.3) is 0 Å². The number of benzene rings is 2. The fraction of sp³-hybridized carbons (Fsp3) is 0.381. The van der Waals surface area contributed by atoms with Crippen LogP contribution in [0.4, 0.5) is 18.9 Å². The Kier molecular flexibility index (Phi) is 6.86.